The van der Waals surface area contributed by atoms with Gasteiger partial charge in [-0.3, -0.25) is 4.79 Å². The number of carbonyl (C=O) groups is 4. The molecule has 0 fully saturated rings. The molecule has 1 amide bonds. The first kappa shape index (κ1) is 24.9. The molecule has 30 heavy (non-hydrogen) atoms. The lowest BCUT2D eigenvalue weighted by molar-refractivity contribution is -0.151. The molecule has 0 heterocycles. The minimum atomic E-state index is -1.49. The molecule has 1 rings (SSSR count). The number of esters is 2. The summed E-state index contributed by atoms with van der Waals surface area (Å²) in [4.78, 5) is 48.1. The summed E-state index contributed by atoms with van der Waals surface area (Å²) in [7, 11) is 0. The summed E-state index contributed by atoms with van der Waals surface area (Å²) in [5.74, 6) is -1.89. The van der Waals surface area contributed by atoms with E-state index in [1.165, 1.54) is 0 Å². The standard InChI is InChI=1S/C21H29NO8/c1-14(2)12-28-20(26)29-18(24)16(22-19(25)30-21(3,4)5)11-17(23)27-13-15-9-7-6-8-10-15/h6-10,14,16H,11-13H2,1-5H3,(H,22,25)/t16-/m0/s1. The van der Waals surface area contributed by atoms with E-state index < -0.39 is 42.3 Å². The molecule has 0 bridgehead atoms. The molecule has 0 aliphatic rings. The molecule has 0 saturated carbocycles. The molecular formula is C21H29NO8. The van der Waals surface area contributed by atoms with E-state index in [1.807, 2.05) is 19.9 Å². The molecule has 0 radical (unpaired) electrons. The molecule has 1 atom stereocenters. The predicted molar refractivity (Wildman–Crippen MR) is 106 cm³/mol. The summed E-state index contributed by atoms with van der Waals surface area (Å²) in [6.45, 7) is 8.57. The van der Waals surface area contributed by atoms with Crippen LogP contribution < -0.4 is 5.32 Å². The lowest BCUT2D eigenvalue weighted by Gasteiger charge is -2.22. The van der Waals surface area contributed by atoms with E-state index >= 15 is 0 Å². The van der Waals surface area contributed by atoms with Crippen LogP contribution in [0.5, 0.6) is 0 Å². The summed E-state index contributed by atoms with van der Waals surface area (Å²) in [6.07, 6.45) is -2.72. The van der Waals surface area contributed by atoms with Crippen molar-refractivity contribution in [3.05, 3.63) is 35.9 Å². The molecule has 166 valence electrons. The van der Waals surface area contributed by atoms with E-state index in [0.29, 0.717) is 0 Å². The number of nitrogens with one attached hydrogen (secondary N) is 1. The highest BCUT2D eigenvalue weighted by Crippen LogP contribution is 2.09. The second kappa shape index (κ2) is 11.8. The van der Waals surface area contributed by atoms with Crippen LogP contribution in [0.25, 0.3) is 0 Å². The number of benzene rings is 1. The van der Waals surface area contributed by atoms with Crippen molar-refractivity contribution in [3.63, 3.8) is 0 Å². The van der Waals surface area contributed by atoms with Crippen molar-refractivity contribution in [1.29, 1.82) is 0 Å². The van der Waals surface area contributed by atoms with Crippen molar-refractivity contribution in [2.75, 3.05) is 6.61 Å². The molecule has 0 aromatic heterocycles. The third-order valence-corrected chi connectivity index (χ3v) is 3.31. The van der Waals surface area contributed by atoms with Gasteiger partial charge >= 0.3 is 24.2 Å². The molecule has 1 aromatic rings. The van der Waals surface area contributed by atoms with Gasteiger partial charge in [0.05, 0.1) is 13.0 Å². The van der Waals surface area contributed by atoms with Crippen LogP contribution in [0.15, 0.2) is 30.3 Å². The van der Waals surface area contributed by atoms with Crippen molar-refractivity contribution < 1.29 is 38.1 Å². The lowest BCUT2D eigenvalue weighted by atomic mass is 10.2. The number of hydrogen-bond acceptors (Lipinski definition) is 8. The first-order valence-corrected chi connectivity index (χ1v) is 9.53. The van der Waals surface area contributed by atoms with Gasteiger partial charge in [-0.05, 0) is 32.3 Å². The molecule has 0 aliphatic carbocycles. The highest BCUT2D eigenvalue weighted by Gasteiger charge is 2.30. The van der Waals surface area contributed by atoms with Crippen LogP contribution in [0.2, 0.25) is 0 Å². The van der Waals surface area contributed by atoms with Gasteiger partial charge in [-0.2, -0.15) is 0 Å². The second-order valence-electron chi connectivity index (χ2n) is 7.93. The van der Waals surface area contributed by atoms with Crippen molar-refractivity contribution >= 4 is 24.2 Å². The summed E-state index contributed by atoms with van der Waals surface area (Å²) in [5, 5.41) is 2.23. The molecule has 0 unspecified atom stereocenters. The van der Waals surface area contributed by atoms with Crippen LogP contribution in [0.3, 0.4) is 0 Å². The molecule has 0 aliphatic heterocycles. The number of amides is 1. The van der Waals surface area contributed by atoms with Crippen LogP contribution >= 0.6 is 0 Å². The average molecular weight is 423 g/mol. The Morgan fingerprint density at radius 2 is 1.63 bits per heavy atom. The van der Waals surface area contributed by atoms with Gasteiger partial charge in [-0.1, -0.05) is 44.2 Å². The second-order valence-corrected chi connectivity index (χ2v) is 7.93. The normalized spacial score (nSPS) is 11.9. The molecular weight excluding hydrogens is 394 g/mol. The molecule has 1 N–H and O–H groups in total. The van der Waals surface area contributed by atoms with Gasteiger partial charge < -0.3 is 24.3 Å². The van der Waals surface area contributed by atoms with E-state index in [0.717, 1.165) is 5.56 Å². The van der Waals surface area contributed by atoms with Crippen molar-refractivity contribution in [1.82, 2.24) is 5.32 Å². The smallest absolute Gasteiger partial charge is 0.461 e. The van der Waals surface area contributed by atoms with Gasteiger partial charge in [0, 0.05) is 0 Å². The van der Waals surface area contributed by atoms with Crippen LogP contribution in [-0.4, -0.2) is 42.4 Å². The van der Waals surface area contributed by atoms with Crippen LogP contribution in [0.1, 0.15) is 46.6 Å². The fraction of sp³-hybridized carbons (Fsp3) is 0.524. The first-order chi connectivity index (χ1) is 14.0. The van der Waals surface area contributed by atoms with E-state index in [-0.39, 0.29) is 19.1 Å². The van der Waals surface area contributed by atoms with Crippen LogP contribution in [0.4, 0.5) is 9.59 Å². The predicted octanol–water partition coefficient (Wildman–Crippen LogP) is 3.35. The highest BCUT2D eigenvalue weighted by molar-refractivity contribution is 5.91. The minimum absolute atomic E-state index is 0.00961. The van der Waals surface area contributed by atoms with Gasteiger partial charge in [0.2, 0.25) is 0 Å². The molecule has 0 saturated heterocycles. The molecule has 9 heteroatoms. The fourth-order valence-corrected chi connectivity index (χ4v) is 2.02. The van der Waals surface area contributed by atoms with Gasteiger partial charge in [-0.15, -0.1) is 0 Å². The lowest BCUT2D eigenvalue weighted by Crippen LogP contribution is -2.46. The SMILES string of the molecule is CC(C)COC(=O)OC(=O)[C@H](CC(=O)OCc1ccccc1)NC(=O)OC(C)(C)C. The Kier molecular flexibility index (Phi) is 9.80. The minimum Gasteiger partial charge on any atom is -0.461 e. The monoisotopic (exact) mass is 423 g/mol. The molecule has 1 aromatic carbocycles. The van der Waals surface area contributed by atoms with Crippen molar-refractivity contribution in [3.8, 4) is 0 Å². The van der Waals surface area contributed by atoms with E-state index in [9.17, 15) is 19.2 Å². The maximum absolute atomic E-state index is 12.3. The topological polar surface area (TPSA) is 117 Å². The highest BCUT2D eigenvalue weighted by atomic mass is 16.7. The maximum atomic E-state index is 12.3. The Morgan fingerprint density at radius 3 is 2.20 bits per heavy atom. The van der Waals surface area contributed by atoms with Crippen LogP contribution in [-0.2, 0) is 35.1 Å². The van der Waals surface area contributed by atoms with Crippen molar-refractivity contribution in [2.24, 2.45) is 5.92 Å². The maximum Gasteiger partial charge on any atom is 0.516 e. The Bertz CT molecular complexity index is 724. The zero-order chi connectivity index (χ0) is 22.7. The quantitative estimate of drug-likeness (QED) is 0.384. The zero-order valence-corrected chi connectivity index (χ0v) is 17.9. The largest absolute Gasteiger partial charge is 0.516 e. The third kappa shape index (κ3) is 11.0. The van der Waals surface area contributed by atoms with Gasteiger partial charge in [0.15, 0.2) is 0 Å². The summed E-state index contributed by atoms with van der Waals surface area (Å²) in [5.41, 5.74) is -0.0786. The average Bonchev–Trinajstić information content (AvgIpc) is 2.63. The number of ether oxygens (including phenoxy) is 4. The van der Waals surface area contributed by atoms with E-state index in [2.05, 4.69) is 10.1 Å². The van der Waals surface area contributed by atoms with Gasteiger partial charge in [0.25, 0.3) is 0 Å². The Labute approximate surface area is 176 Å². The zero-order valence-electron chi connectivity index (χ0n) is 17.9. The number of alkyl carbamates (subject to hydrolysis) is 1. The van der Waals surface area contributed by atoms with Gasteiger partial charge in [0.1, 0.15) is 18.2 Å². The summed E-state index contributed by atoms with van der Waals surface area (Å²) in [6, 6.07) is 7.44. The van der Waals surface area contributed by atoms with Crippen molar-refractivity contribution in [2.45, 2.75) is 59.3 Å². The van der Waals surface area contributed by atoms with E-state index in [4.69, 9.17) is 14.2 Å². The van der Waals surface area contributed by atoms with Crippen LogP contribution in [0, 0.1) is 5.92 Å². The Hall–Kier alpha value is -3.10. The molecule has 0 spiro atoms. The first-order valence-electron chi connectivity index (χ1n) is 9.53. The number of hydrogen-bond donors (Lipinski definition) is 1. The van der Waals surface area contributed by atoms with E-state index in [1.54, 1.807) is 45.0 Å². The molecule has 9 nitrogen and oxygen atoms in total. The Balaban J connectivity index is 2.72. The fourth-order valence-electron chi connectivity index (χ4n) is 2.02. The Morgan fingerprint density at radius 1 is 1.00 bits per heavy atom. The summed E-state index contributed by atoms with van der Waals surface area (Å²) < 4.78 is 19.6. The number of rotatable bonds is 8. The summed E-state index contributed by atoms with van der Waals surface area (Å²) >= 11 is 0. The number of carbonyl (C=O) groups excluding carboxylic acids is 4. The van der Waals surface area contributed by atoms with Gasteiger partial charge in [-0.25, -0.2) is 14.4 Å². The third-order valence-electron chi connectivity index (χ3n) is 3.31.